The van der Waals surface area contributed by atoms with E-state index in [4.69, 9.17) is 0 Å². The Morgan fingerprint density at radius 2 is 2.14 bits per heavy atom. The quantitative estimate of drug-likeness (QED) is 0.704. The second-order valence-corrected chi connectivity index (χ2v) is 3.94. The van der Waals surface area contributed by atoms with E-state index in [9.17, 15) is 0 Å². The number of aromatic nitrogens is 1. The molecule has 3 rings (SSSR count). The van der Waals surface area contributed by atoms with E-state index >= 15 is 0 Å². The highest BCUT2D eigenvalue weighted by Gasteiger charge is 2.18. The maximum atomic E-state index is 3.53. The van der Waals surface area contributed by atoms with Crippen LogP contribution in [0.3, 0.4) is 0 Å². The van der Waals surface area contributed by atoms with E-state index in [-0.39, 0.29) is 0 Å². The van der Waals surface area contributed by atoms with Crippen molar-refractivity contribution in [3.63, 3.8) is 0 Å². The summed E-state index contributed by atoms with van der Waals surface area (Å²) in [5.41, 5.74) is 2.68. The van der Waals surface area contributed by atoms with Crippen LogP contribution in [0.5, 0.6) is 0 Å². The minimum atomic E-state index is 0.561. The van der Waals surface area contributed by atoms with Gasteiger partial charge in [-0.1, -0.05) is 18.2 Å². The Labute approximate surface area is 83.3 Å². The fraction of sp³-hybridized carbons (Fsp3) is 0.333. The molecule has 0 spiro atoms. The van der Waals surface area contributed by atoms with Crippen LogP contribution in [-0.2, 0) is 0 Å². The Hall–Kier alpha value is -1.28. The summed E-state index contributed by atoms with van der Waals surface area (Å²) in [6.45, 7) is 1.16. The van der Waals surface area contributed by atoms with E-state index in [1.165, 1.54) is 29.3 Å². The van der Waals surface area contributed by atoms with Gasteiger partial charge in [0.1, 0.15) is 0 Å². The minimum Gasteiger partial charge on any atom is -0.361 e. The van der Waals surface area contributed by atoms with Crippen molar-refractivity contribution >= 4 is 10.9 Å². The fourth-order valence-electron chi connectivity index (χ4n) is 2.33. The molecule has 1 unspecified atom stereocenters. The van der Waals surface area contributed by atoms with Gasteiger partial charge in [0.2, 0.25) is 0 Å². The first-order valence-corrected chi connectivity index (χ1v) is 5.24. The number of nitrogens with one attached hydrogen (secondary N) is 2. The molecule has 72 valence electrons. The van der Waals surface area contributed by atoms with Crippen molar-refractivity contribution in [2.75, 3.05) is 6.54 Å². The van der Waals surface area contributed by atoms with Gasteiger partial charge >= 0.3 is 0 Å². The van der Waals surface area contributed by atoms with Crippen molar-refractivity contribution in [2.24, 2.45) is 0 Å². The monoisotopic (exact) mass is 186 g/mol. The molecule has 0 amide bonds. The van der Waals surface area contributed by atoms with Crippen molar-refractivity contribution in [1.29, 1.82) is 0 Å². The second-order valence-electron chi connectivity index (χ2n) is 3.94. The van der Waals surface area contributed by atoms with E-state index in [2.05, 4.69) is 40.8 Å². The molecule has 0 saturated carbocycles. The van der Waals surface area contributed by atoms with Crippen LogP contribution in [0.2, 0.25) is 0 Å². The molecule has 2 aromatic rings. The lowest BCUT2D eigenvalue weighted by Crippen LogP contribution is -2.12. The topological polar surface area (TPSA) is 27.8 Å². The first kappa shape index (κ1) is 8.06. The van der Waals surface area contributed by atoms with Gasteiger partial charge in [-0.05, 0) is 31.0 Å². The largest absolute Gasteiger partial charge is 0.361 e. The van der Waals surface area contributed by atoms with Gasteiger partial charge in [-0.2, -0.15) is 0 Å². The molecule has 1 fully saturated rings. The summed E-state index contributed by atoms with van der Waals surface area (Å²) >= 11 is 0. The molecule has 1 aliphatic rings. The van der Waals surface area contributed by atoms with Gasteiger partial charge in [0.25, 0.3) is 0 Å². The Morgan fingerprint density at radius 1 is 1.21 bits per heavy atom. The maximum absolute atomic E-state index is 3.53. The number of aromatic amines is 1. The fourth-order valence-corrected chi connectivity index (χ4v) is 2.33. The Kier molecular flexibility index (Phi) is 1.81. The summed E-state index contributed by atoms with van der Waals surface area (Å²) in [6.07, 6.45) is 4.71. The Morgan fingerprint density at radius 3 is 3.00 bits per heavy atom. The van der Waals surface area contributed by atoms with Crippen LogP contribution in [0, 0.1) is 0 Å². The van der Waals surface area contributed by atoms with Crippen LogP contribution in [0.15, 0.2) is 30.5 Å². The van der Waals surface area contributed by atoms with Gasteiger partial charge in [-0.3, -0.25) is 0 Å². The number of hydrogen-bond acceptors (Lipinski definition) is 1. The van der Waals surface area contributed by atoms with Crippen LogP contribution in [0.4, 0.5) is 0 Å². The predicted molar refractivity (Wildman–Crippen MR) is 58.3 cm³/mol. The normalized spacial score (nSPS) is 21.9. The summed E-state index contributed by atoms with van der Waals surface area (Å²) in [4.78, 5) is 3.33. The first-order valence-electron chi connectivity index (χ1n) is 5.24. The smallest absolute Gasteiger partial charge is 0.0457 e. The van der Waals surface area contributed by atoms with Crippen LogP contribution in [0.1, 0.15) is 24.4 Å². The molecule has 1 aromatic carbocycles. The molecule has 14 heavy (non-hydrogen) atoms. The molecule has 1 atom stereocenters. The van der Waals surface area contributed by atoms with Gasteiger partial charge in [0, 0.05) is 23.1 Å². The predicted octanol–water partition coefficient (Wildman–Crippen LogP) is 2.59. The third-order valence-corrected chi connectivity index (χ3v) is 3.06. The van der Waals surface area contributed by atoms with Crippen molar-refractivity contribution in [3.8, 4) is 0 Å². The van der Waals surface area contributed by atoms with Crippen molar-refractivity contribution in [3.05, 3.63) is 36.0 Å². The average molecular weight is 186 g/mol. The number of benzene rings is 1. The number of H-pyrrole nitrogens is 1. The highest BCUT2D eigenvalue weighted by molar-refractivity contribution is 5.83. The highest BCUT2D eigenvalue weighted by atomic mass is 14.9. The summed E-state index contributed by atoms with van der Waals surface area (Å²) < 4.78 is 0. The minimum absolute atomic E-state index is 0.561. The van der Waals surface area contributed by atoms with Gasteiger partial charge < -0.3 is 10.3 Å². The van der Waals surface area contributed by atoms with E-state index in [1.807, 2.05) is 0 Å². The number of fused-ring (bicyclic) bond motifs is 1. The molecule has 0 bridgehead atoms. The lowest BCUT2D eigenvalue weighted by molar-refractivity contribution is 0.652. The van der Waals surface area contributed by atoms with Gasteiger partial charge in [-0.15, -0.1) is 0 Å². The Bertz CT molecular complexity index is 438. The van der Waals surface area contributed by atoms with E-state index in [0.717, 1.165) is 6.54 Å². The number of hydrogen-bond donors (Lipinski definition) is 2. The molecule has 2 heteroatoms. The molecule has 0 radical (unpaired) electrons. The van der Waals surface area contributed by atoms with Gasteiger partial charge in [0.05, 0.1) is 0 Å². The van der Waals surface area contributed by atoms with Crippen molar-refractivity contribution < 1.29 is 0 Å². The highest BCUT2D eigenvalue weighted by Crippen LogP contribution is 2.29. The van der Waals surface area contributed by atoms with Crippen molar-refractivity contribution in [2.45, 2.75) is 18.9 Å². The average Bonchev–Trinajstić information content (AvgIpc) is 2.85. The summed E-state index contributed by atoms with van der Waals surface area (Å²) in [5.74, 6) is 0. The van der Waals surface area contributed by atoms with Crippen LogP contribution < -0.4 is 5.32 Å². The zero-order valence-corrected chi connectivity index (χ0v) is 8.09. The van der Waals surface area contributed by atoms with E-state index < -0.39 is 0 Å². The third kappa shape index (κ3) is 1.15. The van der Waals surface area contributed by atoms with E-state index in [1.54, 1.807) is 0 Å². The summed E-state index contributed by atoms with van der Waals surface area (Å²) in [6, 6.07) is 9.07. The summed E-state index contributed by atoms with van der Waals surface area (Å²) in [5, 5.41) is 4.90. The maximum Gasteiger partial charge on any atom is 0.0457 e. The molecular weight excluding hydrogens is 172 g/mol. The van der Waals surface area contributed by atoms with Crippen molar-refractivity contribution in [1.82, 2.24) is 10.3 Å². The molecule has 2 nitrogen and oxygen atoms in total. The molecule has 1 saturated heterocycles. The second kappa shape index (κ2) is 3.14. The van der Waals surface area contributed by atoms with Gasteiger partial charge in [0.15, 0.2) is 0 Å². The molecule has 0 aliphatic carbocycles. The third-order valence-electron chi connectivity index (χ3n) is 3.06. The lowest BCUT2D eigenvalue weighted by atomic mass is 10.0. The molecule has 1 aliphatic heterocycles. The Balaban J connectivity index is 2.11. The van der Waals surface area contributed by atoms with Gasteiger partial charge in [-0.25, -0.2) is 0 Å². The zero-order valence-electron chi connectivity index (χ0n) is 8.09. The number of rotatable bonds is 1. The SMILES string of the molecule is c1ccc2c(C3CCCN3)c[nH]c2c1. The molecule has 1 aromatic heterocycles. The van der Waals surface area contributed by atoms with Crippen LogP contribution in [-0.4, -0.2) is 11.5 Å². The summed E-state index contributed by atoms with van der Waals surface area (Å²) in [7, 11) is 0. The van der Waals surface area contributed by atoms with Crippen LogP contribution in [0.25, 0.3) is 10.9 Å². The van der Waals surface area contributed by atoms with Crippen LogP contribution >= 0.6 is 0 Å². The van der Waals surface area contributed by atoms with E-state index in [0.29, 0.717) is 6.04 Å². The zero-order chi connectivity index (χ0) is 9.38. The molecule has 2 N–H and O–H groups in total. The number of para-hydroxylation sites is 1. The molecule has 2 heterocycles. The first-order chi connectivity index (χ1) is 6.95. The molecular formula is C12H14N2. The lowest BCUT2D eigenvalue weighted by Gasteiger charge is -2.07. The standard InChI is InChI=1S/C12H14N2/c1-2-5-11-9(4-1)10(8-14-11)12-6-3-7-13-12/h1-2,4-5,8,12-14H,3,6-7H2.